The Hall–Kier alpha value is -3.10. The maximum absolute atomic E-state index is 14.2. The SMILES string of the molecule is CCCCCN(C(=O)C(NC(=O)OC(C)(C)C)C(C)C)C(C(=O)NCCC(=O)OCC)c1cc(C)ccc1C. The van der Waals surface area contributed by atoms with E-state index in [1.807, 2.05) is 45.9 Å². The van der Waals surface area contributed by atoms with Gasteiger partial charge in [-0.1, -0.05) is 57.4 Å². The number of benzene rings is 1. The Morgan fingerprint density at radius 2 is 1.69 bits per heavy atom. The number of carbonyl (C=O) groups excluding carboxylic acids is 4. The van der Waals surface area contributed by atoms with E-state index in [0.29, 0.717) is 18.5 Å². The summed E-state index contributed by atoms with van der Waals surface area (Å²) >= 11 is 0. The number of hydrogen-bond acceptors (Lipinski definition) is 6. The molecule has 220 valence electrons. The molecule has 2 N–H and O–H groups in total. The predicted octanol–water partition coefficient (Wildman–Crippen LogP) is 4.98. The summed E-state index contributed by atoms with van der Waals surface area (Å²) in [6.45, 7) is 17.3. The minimum absolute atomic E-state index is 0.0255. The van der Waals surface area contributed by atoms with Gasteiger partial charge < -0.3 is 25.0 Å². The lowest BCUT2D eigenvalue weighted by molar-refractivity contribution is -0.145. The van der Waals surface area contributed by atoms with E-state index in [2.05, 4.69) is 17.6 Å². The van der Waals surface area contributed by atoms with Crippen LogP contribution in [0, 0.1) is 19.8 Å². The molecule has 9 heteroatoms. The first kappa shape index (κ1) is 33.9. The van der Waals surface area contributed by atoms with Gasteiger partial charge in [-0.25, -0.2) is 4.79 Å². The van der Waals surface area contributed by atoms with E-state index in [9.17, 15) is 19.2 Å². The van der Waals surface area contributed by atoms with Crippen LogP contribution in [-0.4, -0.2) is 60.1 Å². The van der Waals surface area contributed by atoms with E-state index in [-0.39, 0.29) is 31.4 Å². The van der Waals surface area contributed by atoms with Crippen LogP contribution in [0.2, 0.25) is 0 Å². The van der Waals surface area contributed by atoms with Crippen molar-refractivity contribution in [2.24, 2.45) is 5.92 Å². The van der Waals surface area contributed by atoms with Crippen molar-refractivity contribution in [3.8, 4) is 0 Å². The van der Waals surface area contributed by atoms with Crippen LogP contribution in [-0.2, 0) is 23.9 Å². The zero-order chi connectivity index (χ0) is 29.8. The molecule has 0 aliphatic heterocycles. The van der Waals surface area contributed by atoms with E-state index in [1.165, 1.54) is 0 Å². The van der Waals surface area contributed by atoms with Crippen LogP contribution >= 0.6 is 0 Å². The van der Waals surface area contributed by atoms with Crippen LogP contribution in [0.3, 0.4) is 0 Å². The number of esters is 1. The van der Waals surface area contributed by atoms with Crippen LogP contribution in [0.4, 0.5) is 4.79 Å². The molecule has 3 amide bonds. The third-order valence-electron chi connectivity index (χ3n) is 6.11. The Morgan fingerprint density at radius 3 is 2.26 bits per heavy atom. The van der Waals surface area contributed by atoms with Crippen molar-refractivity contribution >= 4 is 23.9 Å². The molecule has 0 fully saturated rings. The number of nitrogens with one attached hydrogen (secondary N) is 2. The molecule has 0 saturated heterocycles. The molecule has 1 aromatic rings. The molecule has 39 heavy (non-hydrogen) atoms. The van der Waals surface area contributed by atoms with Crippen LogP contribution in [0.25, 0.3) is 0 Å². The highest BCUT2D eigenvalue weighted by Crippen LogP contribution is 2.28. The molecule has 0 heterocycles. The number of hydrogen-bond donors (Lipinski definition) is 2. The first-order valence-corrected chi connectivity index (χ1v) is 14.0. The number of unbranched alkanes of at least 4 members (excludes halogenated alkanes) is 2. The van der Waals surface area contributed by atoms with Crippen molar-refractivity contribution in [3.05, 3.63) is 34.9 Å². The van der Waals surface area contributed by atoms with E-state index < -0.39 is 35.7 Å². The molecule has 0 aliphatic carbocycles. The third-order valence-corrected chi connectivity index (χ3v) is 6.11. The molecule has 0 radical (unpaired) electrons. The largest absolute Gasteiger partial charge is 0.466 e. The molecular formula is C30H49N3O6. The highest BCUT2D eigenvalue weighted by molar-refractivity contribution is 5.92. The van der Waals surface area contributed by atoms with Crippen molar-refractivity contribution in [2.75, 3.05) is 19.7 Å². The summed E-state index contributed by atoms with van der Waals surface area (Å²) in [5, 5.41) is 5.58. The van der Waals surface area contributed by atoms with E-state index in [4.69, 9.17) is 9.47 Å². The lowest BCUT2D eigenvalue weighted by Gasteiger charge is -2.36. The second-order valence-corrected chi connectivity index (χ2v) is 11.2. The summed E-state index contributed by atoms with van der Waals surface area (Å²) in [5.41, 5.74) is 1.79. The van der Waals surface area contributed by atoms with Crippen molar-refractivity contribution in [3.63, 3.8) is 0 Å². The van der Waals surface area contributed by atoms with Gasteiger partial charge in [0.1, 0.15) is 17.7 Å². The van der Waals surface area contributed by atoms with Crippen LogP contribution in [0.15, 0.2) is 18.2 Å². The number of amides is 3. The third kappa shape index (κ3) is 11.7. The van der Waals surface area contributed by atoms with Gasteiger partial charge in [-0.3, -0.25) is 14.4 Å². The maximum atomic E-state index is 14.2. The monoisotopic (exact) mass is 547 g/mol. The first-order valence-electron chi connectivity index (χ1n) is 14.0. The van der Waals surface area contributed by atoms with E-state index in [1.54, 1.807) is 32.6 Å². The molecule has 0 aliphatic rings. The summed E-state index contributed by atoms with van der Waals surface area (Å²) < 4.78 is 10.4. The van der Waals surface area contributed by atoms with Crippen molar-refractivity contribution in [2.45, 2.75) is 106 Å². The van der Waals surface area contributed by atoms with Gasteiger partial charge in [-0.15, -0.1) is 0 Å². The standard InChI is InChI=1S/C30H49N3O6/c1-10-12-13-18-33(28(36)25(20(3)4)32-29(37)39-30(7,8)9)26(23-19-21(5)14-15-22(23)6)27(35)31-17-16-24(34)38-11-2/h14-15,19-20,25-26H,10-13,16-18H2,1-9H3,(H,31,35)(H,32,37). The molecule has 2 atom stereocenters. The van der Waals surface area contributed by atoms with Crippen LogP contribution in [0.5, 0.6) is 0 Å². The van der Waals surface area contributed by atoms with Crippen molar-refractivity contribution in [1.29, 1.82) is 0 Å². The Balaban J connectivity index is 3.48. The fraction of sp³-hybridized carbons (Fsp3) is 0.667. The molecule has 0 spiro atoms. The second-order valence-electron chi connectivity index (χ2n) is 11.2. The summed E-state index contributed by atoms with van der Waals surface area (Å²) in [4.78, 5) is 54.0. The Labute approximate surface area is 234 Å². The topological polar surface area (TPSA) is 114 Å². The van der Waals surface area contributed by atoms with Gasteiger partial charge in [-0.05, 0) is 65.0 Å². The number of carbonyl (C=O) groups is 4. The fourth-order valence-corrected chi connectivity index (χ4v) is 4.15. The molecule has 2 unspecified atom stereocenters. The Bertz CT molecular complexity index is 970. The van der Waals surface area contributed by atoms with Crippen LogP contribution < -0.4 is 10.6 Å². The minimum atomic E-state index is -0.946. The Kier molecular flexibility index (Phi) is 14.0. The molecule has 1 rings (SSSR count). The first-order chi connectivity index (χ1) is 18.2. The predicted molar refractivity (Wildman–Crippen MR) is 152 cm³/mol. The number of rotatable bonds is 14. The van der Waals surface area contributed by atoms with Gasteiger partial charge in [0.25, 0.3) is 0 Å². The quantitative estimate of drug-likeness (QED) is 0.251. The molecule has 0 saturated carbocycles. The van der Waals surface area contributed by atoms with Gasteiger partial charge in [0.05, 0.1) is 13.0 Å². The maximum Gasteiger partial charge on any atom is 0.408 e. The summed E-state index contributed by atoms with van der Waals surface area (Å²) in [7, 11) is 0. The fourth-order valence-electron chi connectivity index (χ4n) is 4.15. The molecular weight excluding hydrogens is 498 g/mol. The number of alkyl carbamates (subject to hydrolysis) is 1. The molecule has 9 nitrogen and oxygen atoms in total. The van der Waals surface area contributed by atoms with E-state index >= 15 is 0 Å². The van der Waals surface area contributed by atoms with E-state index in [0.717, 1.165) is 24.0 Å². The number of nitrogens with zero attached hydrogens (tertiary/aromatic N) is 1. The smallest absolute Gasteiger partial charge is 0.408 e. The minimum Gasteiger partial charge on any atom is -0.466 e. The van der Waals surface area contributed by atoms with Gasteiger partial charge in [-0.2, -0.15) is 0 Å². The average molecular weight is 548 g/mol. The normalized spacial score (nSPS) is 12.9. The number of aryl methyl sites for hydroxylation is 2. The molecule has 0 bridgehead atoms. The zero-order valence-electron chi connectivity index (χ0n) is 25.3. The van der Waals surface area contributed by atoms with Crippen molar-refractivity contribution < 1.29 is 28.7 Å². The Morgan fingerprint density at radius 1 is 1.03 bits per heavy atom. The van der Waals surface area contributed by atoms with Crippen LogP contribution in [0.1, 0.15) is 96.9 Å². The molecule has 0 aromatic heterocycles. The summed E-state index contributed by atoms with van der Waals surface area (Å²) in [6, 6.07) is 3.95. The average Bonchev–Trinajstić information content (AvgIpc) is 2.82. The summed E-state index contributed by atoms with van der Waals surface area (Å²) in [5.74, 6) is -1.42. The van der Waals surface area contributed by atoms with Crippen molar-refractivity contribution in [1.82, 2.24) is 15.5 Å². The number of ether oxygens (including phenoxy) is 2. The van der Waals surface area contributed by atoms with Gasteiger partial charge in [0, 0.05) is 13.1 Å². The summed E-state index contributed by atoms with van der Waals surface area (Å²) in [6.07, 6.45) is 1.84. The highest BCUT2D eigenvalue weighted by Gasteiger charge is 2.37. The molecule has 1 aromatic carbocycles. The lowest BCUT2D eigenvalue weighted by Crippen LogP contribution is -2.55. The van der Waals surface area contributed by atoms with Gasteiger partial charge in [0.2, 0.25) is 11.8 Å². The zero-order valence-corrected chi connectivity index (χ0v) is 25.3. The van der Waals surface area contributed by atoms with Gasteiger partial charge in [0.15, 0.2) is 0 Å². The van der Waals surface area contributed by atoms with Gasteiger partial charge >= 0.3 is 12.1 Å². The highest BCUT2D eigenvalue weighted by atomic mass is 16.6. The second kappa shape index (κ2) is 16.1. The lowest BCUT2D eigenvalue weighted by atomic mass is 9.94.